The van der Waals surface area contributed by atoms with Crippen molar-refractivity contribution in [3.05, 3.63) is 6.33 Å². The monoisotopic (exact) mass is 207 g/mol. The zero-order valence-corrected chi connectivity index (χ0v) is 7.56. The number of nitrogens with one attached hydrogen (secondary N) is 1. The summed E-state index contributed by atoms with van der Waals surface area (Å²) in [6, 6.07) is 0. The van der Waals surface area contributed by atoms with E-state index >= 15 is 0 Å². The minimum atomic E-state index is -0.563. The Bertz CT molecular complexity index is 241. The van der Waals surface area contributed by atoms with Crippen LogP contribution in [0.25, 0.3) is 0 Å². The highest BCUT2D eigenvalue weighted by molar-refractivity contribution is 7.09. The number of hydrogen-bond acceptors (Lipinski definition) is 5. The Morgan fingerprint density at radius 1 is 1.83 bits per heavy atom. The highest BCUT2D eigenvalue weighted by Crippen LogP contribution is 2.06. The van der Waals surface area contributed by atoms with E-state index in [0.29, 0.717) is 5.13 Å². The Morgan fingerprint density at radius 2 is 2.67 bits per heavy atom. The minimum absolute atomic E-state index is 0.187. The van der Waals surface area contributed by atoms with Crippen LogP contribution in [0, 0.1) is 0 Å². The Balaban J connectivity index is 2.27. The lowest BCUT2D eigenvalue weighted by Crippen LogP contribution is -2.14. The van der Waals surface area contributed by atoms with Crippen LogP contribution in [-0.2, 0) is 4.74 Å². The zero-order chi connectivity index (χ0) is 8.81. The number of carbonyl (C=O) groups is 1. The molecule has 0 unspecified atom stereocenters. The molecular weight excluding hydrogens is 202 g/mol. The number of aromatic nitrogens is 2. The van der Waals surface area contributed by atoms with Crippen molar-refractivity contribution < 1.29 is 9.53 Å². The predicted octanol–water partition coefficient (Wildman–Crippen LogP) is 1.33. The highest BCUT2D eigenvalue weighted by atomic mass is 35.5. The first-order valence-corrected chi connectivity index (χ1v) is 4.40. The van der Waals surface area contributed by atoms with E-state index in [9.17, 15) is 4.79 Å². The number of amides is 1. The molecule has 0 aliphatic rings. The zero-order valence-electron chi connectivity index (χ0n) is 5.99. The summed E-state index contributed by atoms with van der Waals surface area (Å²) in [5, 5.41) is 2.79. The van der Waals surface area contributed by atoms with Gasteiger partial charge in [-0.05, 0) is 0 Å². The molecule has 0 saturated carbocycles. The quantitative estimate of drug-likeness (QED) is 0.760. The second kappa shape index (κ2) is 4.89. The van der Waals surface area contributed by atoms with Gasteiger partial charge in [-0.3, -0.25) is 5.32 Å². The molecule has 0 aliphatic heterocycles. The fourth-order valence-corrected chi connectivity index (χ4v) is 0.977. The highest BCUT2D eigenvalue weighted by Gasteiger charge is 2.03. The molecule has 0 aliphatic carbocycles. The van der Waals surface area contributed by atoms with Crippen LogP contribution in [0.5, 0.6) is 0 Å². The topological polar surface area (TPSA) is 64.1 Å². The van der Waals surface area contributed by atoms with Gasteiger partial charge < -0.3 is 4.74 Å². The molecule has 12 heavy (non-hydrogen) atoms. The third-order valence-corrected chi connectivity index (χ3v) is 1.62. The lowest BCUT2D eigenvalue weighted by Gasteiger charge is -2.00. The lowest BCUT2D eigenvalue weighted by atomic mass is 10.8. The molecule has 0 fully saturated rings. The summed E-state index contributed by atoms with van der Waals surface area (Å²) in [7, 11) is 0. The van der Waals surface area contributed by atoms with Crippen molar-refractivity contribution >= 4 is 34.4 Å². The molecule has 5 nitrogen and oxygen atoms in total. The maximum absolute atomic E-state index is 10.8. The van der Waals surface area contributed by atoms with Gasteiger partial charge in [0.15, 0.2) is 0 Å². The van der Waals surface area contributed by atoms with Crippen molar-refractivity contribution in [2.75, 3.05) is 17.8 Å². The van der Waals surface area contributed by atoms with Gasteiger partial charge in [0.05, 0.1) is 5.88 Å². The van der Waals surface area contributed by atoms with E-state index in [1.807, 2.05) is 0 Å². The van der Waals surface area contributed by atoms with Gasteiger partial charge in [0.2, 0.25) is 5.13 Å². The molecular formula is C5H6ClN3O2S. The van der Waals surface area contributed by atoms with Crippen LogP contribution in [0.15, 0.2) is 6.33 Å². The van der Waals surface area contributed by atoms with E-state index in [1.165, 1.54) is 6.33 Å². The molecule has 0 radical (unpaired) electrons. The summed E-state index contributed by atoms with van der Waals surface area (Å²) in [6.07, 6.45) is 0.786. The maximum Gasteiger partial charge on any atom is 0.413 e. The van der Waals surface area contributed by atoms with Gasteiger partial charge in [0.1, 0.15) is 12.9 Å². The van der Waals surface area contributed by atoms with Gasteiger partial charge in [-0.15, -0.1) is 11.6 Å². The van der Waals surface area contributed by atoms with Gasteiger partial charge >= 0.3 is 6.09 Å². The Labute approximate surface area is 77.9 Å². The summed E-state index contributed by atoms with van der Waals surface area (Å²) >= 11 is 6.38. The molecule has 0 saturated heterocycles. The molecule has 1 aromatic rings. The standard InChI is InChI=1S/C5H6ClN3O2S/c6-1-2-11-5(10)9-4-7-3-8-12-4/h3H,1-2H2,(H,7,8,9,10). The first-order chi connectivity index (χ1) is 5.83. The van der Waals surface area contributed by atoms with Crippen molar-refractivity contribution in [2.45, 2.75) is 0 Å². The van der Waals surface area contributed by atoms with Crippen LogP contribution in [0.1, 0.15) is 0 Å². The number of nitrogens with zero attached hydrogens (tertiary/aromatic N) is 2. The average molecular weight is 208 g/mol. The summed E-state index contributed by atoms with van der Waals surface area (Å²) < 4.78 is 8.31. The molecule has 1 N–H and O–H groups in total. The molecule has 0 aromatic carbocycles. The van der Waals surface area contributed by atoms with E-state index in [4.69, 9.17) is 11.6 Å². The van der Waals surface area contributed by atoms with Gasteiger partial charge in [0, 0.05) is 11.5 Å². The summed E-state index contributed by atoms with van der Waals surface area (Å²) in [5.74, 6) is 0.281. The SMILES string of the molecule is O=C(Nc1ncns1)OCCCl. The largest absolute Gasteiger partial charge is 0.448 e. The van der Waals surface area contributed by atoms with Crippen LogP contribution in [0.4, 0.5) is 9.93 Å². The summed E-state index contributed by atoms with van der Waals surface area (Å²) in [5.41, 5.74) is 0. The van der Waals surface area contributed by atoms with E-state index in [0.717, 1.165) is 11.5 Å². The second-order valence-electron chi connectivity index (χ2n) is 1.70. The Kier molecular flexibility index (Phi) is 3.75. The van der Waals surface area contributed by atoms with Crippen LogP contribution >= 0.6 is 23.1 Å². The van der Waals surface area contributed by atoms with Crippen molar-refractivity contribution in [3.63, 3.8) is 0 Å². The van der Waals surface area contributed by atoms with E-state index < -0.39 is 6.09 Å². The molecule has 0 spiro atoms. The van der Waals surface area contributed by atoms with Gasteiger partial charge in [0.25, 0.3) is 0 Å². The third kappa shape index (κ3) is 3.02. The van der Waals surface area contributed by atoms with E-state index in [1.54, 1.807) is 0 Å². The van der Waals surface area contributed by atoms with Crippen LogP contribution in [-0.4, -0.2) is 27.9 Å². The van der Waals surface area contributed by atoms with Crippen molar-refractivity contribution in [1.82, 2.24) is 9.36 Å². The van der Waals surface area contributed by atoms with Crippen LogP contribution in [0.2, 0.25) is 0 Å². The van der Waals surface area contributed by atoms with Crippen molar-refractivity contribution in [3.8, 4) is 0 Å². The Morgan fingerprint density at radius 3 is 3.25 bits per heavy atom. The van der Waals surface area contributed by atoms with Crippen LogP contribution in [0.3, 0.4) is 0 Å². The van der Waals surface area contributed by atoms with Crippen molar-refractivity contribution in [2.24, 2.45) is 0 Å². The molecule has 1 amide bonds. The van der Waals surface area contributed by atoms with Gasteiger partial charge in [-0.2, -0.15) is 4.37 Å². The molecule has 1 aromatic heterocycles. The fraction of sp³-hybridized carbons (Fsp3) is 0.400. The van der Waals surface area contributed by atoms with E-state index in [-0.39, 0.29) is 12.5 Å². The minimum Gasteiger partial charge on any atom is -0.448 e. The molecule has 1 heterocycles. The normalized spacial score (nSPS) is 9.42. The second-order valence-corrected chi connectivity index (χ2v) is 2.85. The number of halogens is 1. The smallest absolute Gasteiger partial charge is 0.413 e. The molecule has 7 heteroatoms. The number of carbonyl (C=O) groups excluding carboxylic acids is 1. The summed E-state index contributed by atoms with van der Waals surface area (Å²) in [6.45, 7) is 0.187. The third-order valence-electron chi connectivity index (χ3n) is 0.881. The maximum atomic E-state index is 10.8. The molecule has 0 atom stereocenters. The molecule has 1 rings (SSSR count). The van der Waals surface area contributed by atoms with Crippen LogP contribution < -0.4 is 5.32 Å². The number of alkyl halides is 1. The van der Waals surface area contributed by atoms with Gasteiger partial charge in [-0.25, -0.2) is 9.78 Å². The van der Waals surface area contributed by atoms with Gasteiger partial charge in [-0.1, -0.05) is 0 Å². The number of hydrogen-bond donors (Lipinski definition) is 1. The number of anilines is 1. The first-order valence-electron chi connectivity index (χ1n) is 3.09. The number of ether oxygens (including phenoxy) is 1. The fourth-order valence-electron chi connectivity index (χ4n) is 0.483. The Hall–Kier alpha value is -0.880. The molecule has 0 bridgehead atoms. The average Bonchev–Trinajstić information content (AvgIpc) is 2.53. The summed E-state index contributed by atoms with van der Waals surface area (Å²) in [4.78, 5) is 14.5. The lowest BCUT2D eigenvalue weighted by molar-refractivity contribution is 0.168. The van der Waals surface area contributed by atoms with Crippen molar-refractivity contribution in [1.29, 1.82) is 0 Å². The van der Waals surface area contributed by atoms with E-state index in [2.05, 4.69) is 19.4 Å². The first kappa shape index (κ1) is 9.21. The predicted molar refractivity (Wildman–Crippen MR) is 45.6 cm³/mol. The molecule has 66 valence electrons. The number of rotatable bonds is 3.